The van der Waals surface area contributed by atoms with E-state index in [1.807, 2.05) is 0 Å². The lowest BCUT2D eigenvalue weighted by Crippen LogP contribution is -2.15. The second-order valence-electron chi connectivity index (χ2n) is 4.74. The number of non-ortho nitro benzene ring substituents is 1. The highest BCUT2D eigenvalue weighted by molar-refractivity contribution is 5.90. The summed E-state index contributed by atoms with van der Waals surface area (Å²) in [6.07, 6.45) is 3.20. The first-order valence-electron chi connectivity index (χ1n) is 6.81. The largest absolute Gasteiger partial charge is 0.330 e. The molecule has 0 heterocycles. The Bertz CT molecular complexity index is 445. The molecule has 20 heavy (non-hydrogen) atoms. The molecule has 1 atom stereocenters. The average molecular weight is 279 g/mol. The molecule has 1 amide bonds. The molecule has 0 radical (unpaired) electrons. The Hall–Kier alpha value is -1.95. The maximum atomic E-state index is 11.8. The Labute approximate surface area is 118 Å². The van der Waals surface area contributed by atoms with E-state index in [9.17, 15) is 14.9 Å². The molecule has 0 spiro atoms. The molecule has 0 saturated heterocycles. The molecule has 0 fully saturated rings. The molecule has 1 aromatic carbocycles. The molecule has 0 saturated carbocycles. The van der Waals surface area contributed by atoms with E-state index in [-0.39, 0.29) is 11.6 Å². The fourth-order valence-electron chi connectivity index (χ4n) is 2.01. The van der Waals surface area contributed by atoms with Gasteiger partial charge < -0.3 is 11.1 Å². The molecule has 110 valence electrons. The summed E-state index contributed by atoms with van der Waals surface area (Å²) < 4.78 is 0. The van der Waals surface area contributed by atoms with E-state index in [2.05, 4.69) is 12.2 Å². The number of amides is 1. The van der Waals surface area contributed by atoms with E-state index in [4.69, 9.17) is 5.73 Å². The number of nitrogens with one attached hydrogen (secondary N) is 1. The number of benzene rings is 1. The van der Waals surface area contributed by atoms with Crippen LogP contribution in [-0.4, -0.2) is 17.4 Å². The maximum absolute atomic E-state index is 11.8. The van der Waals surface area contributed by atoms with Crippen molar-refractivity contribution >= 4 is 17.3 Å². The van der Waals surface area contributed by atoms with Crippen LogP contribution in [0.1, 0.15) is 32.6 Å². The van der Waals surface area contributed by atoms with Gasteiger partial charge in [0.15, 0.2) is 0 Å². The lowest BCUT2D eigenvalue weighted by molar-refractivity contribution is -0.384. The fourth-order valence-corrected chi connectivity index (χ4v) is 2.01. The average Bonchev–Trinajstić information content (AvgIpc) is 2.44. The van der Waals surface area contributed by atoms with Crippen molar-refractivity contribution < 1.29 is 9.72 Å². The maximum Gasteiger partial charge on any atom is 0.269 e. The smallest absolute Gasteiger partial charge is 0.269 e. The summed E-state index contributed by atoms with van der Waals surface area (Å²) in [5, 5.41) is 13.3. The van der Waals surface area contributed by atoms with Gasteiger partial charge in [-0.3, -0.25) is 14.9 Å². The van der Waals surface area contributed by atoms with Gasteiger partial charge >= 0.3 is 0 Å². The molecule has 3 N–H and O–H groups in total. The van der Waals surface area contributed by atoms with Crippen LogP contribution in [-0.2, 0) is 4.79 Å². The first-order chi connectivity index (χ1) is 9.56. The summed E-state index contributed by atoms with van der Waals surface area (Å²) in [7, 11) is 0. The van der Waals surface area contributed by atoms with E-state index >= 15 is 0 Å². The summed E-state index contributed by atoms with van der Waals surface area (Å²) in [5.41, 5.74) is 6.11. The molecule has 6 nitrogen and oxygen atoms in total. The van der Waals surface area contributed by atoms with Gasteiger partial charge in [0.1, 0.15) is 0 Å². The molecule has 0 bridgehead atoms. The Morgan fingerprint density at radius 2 is 2.00 bits per heavy atom. The minimum atomic E-state index is -0.468. The van der Waals surface area contributed by atoms with Gasteiger partial charge in [0.2, 0.25) is 5.91 Å². The first kappa shape index (κ1) is 16.1. The lowest BCUT2D eigenvalue weighted by Gasteiger charge is -2.13. The molecular weight excluding hydrogens is 258 g/mol. The molecule has 0 aliphatic carbocycles. The van der Waals surface area contributed by atoms with Crippen LogP contribution < -0.4 is 11.1 Å². The van der Waals surface area contributed by atoms with E-state index < -0.39 is 4.92 Å². The van der Waals surface area contributed by atoms with Crippen molar-refractivity contribution in [1.29, 1.82) is 0 Å². The summed E-state index contributed by atoms with van der Waals surface area (Å²) in [5.74, 6) is 0.400. The number of nitrogens with two attached hydrogens (primary N) is 1. The minimum Gasteiger partial charge on any atom is -0.330 e. The number of carbonyl (C=O) groups is 1. The van der Waals surface area contributed by atoms with Crippen molar-refractivity contribution in [1.82, 2.24) is 0 Å². The standard InChI is InChI=1S/C14H21N3O3/c1-2-11(9-10-15)3-8-14(18)16-12-4-6-13(7-5-12)17(19)20/h4-7,11H,2-3,8-10,15H2,1H3,(H,16,18). The highest BCUT2D eigenvalue weighted by Gasteiger charge is 2.10. The number of anilines is 1. The van der Waals surface area contributed by atoms with Crippen LogP contribution in [0.25, 0.3) is 0 Å². The zero-order valence-electron chi connectivity index (χ0n) is 11.7. The number of carbonyl (C=O) groups excluding carboxylic acids is 1. The van der Waals surface area contributed by atoms with Crippen LogP contribution in [0.3, 0.4) is 0 Å². The highest BCUT2D eigenvalue weighted by Crippen LogP contribution is 2.17. The summed E-state index contributed by atoms with van der Waals surface area (Å²) in [6, 6.07) is 5.82. The normalized spacial score (nSPS) is 11.9. The zero-order chi connectivity index (χ0) is 15.0. The molecular formula is C14H21N3O3. The van der Waals surface area contributed by atoms with Crippen LogP contribution in [0.15, 0.2) is 24.3 Å². The third-order valence-corrected chi connectivity index (χ3v) is 3.29. The van der Waals surface area contributed by atoms with E-state index in [1.54, 1.807) is 0 Å². The van der Waals surface area contributed by atoms with Crippen molar-refractivity contribution in [3.63, 3.8) is 0 Å². The summed E-state index contributed by atoms with van der Waals surface area (Å²) in [4.78, 5) is 21.8. The fraction of sp³-hybridized carbons (Fsp3) is 0.500. The molecule has 1 unspecified atom stereocenters. The number of hydrogen-bond acceptors (Lipinski definition) is 4. The van der Waals surface area contributed by atoms with E-state index in [1.165, 1.54) is 24.3 Å². The SMILES string of the molecule is CCC(CCN)CCC(=O)Nc1ccc([N+](=O)[O-])cc1. The Morgan fingerprint density at radius 1 is 1.35 bits per heavy atom. The number of hydrogen-bond donors (Lipinski definition) is 2. The molecule has 0 aliphatic heterocycles. The second kappa shape index (κ2) is 8.27. The third-order valence-electron chi connectivity index (χ3n) is 3.29. The van der Waals surface area contributed by atoms with Gasteiger partial charge in [-0.25, -0.2) is 0 Å². The third kappa shape index (κ3) is 5.36. The Morgan fingerprint density at radius 3 is 2.50 bits per heavy atom. The van der Waals surface area contributed by atoms with Gasteiger partial charge in [0, 0.05) is 24.2 Å². The number of nitrogens with zero attached hydrogens (tertiary/aromatic N) is 1. The molecule has 0 aliphatic rings. The predicted molar refractivity (Wildman–Crippen MR) is 78.4 cm³/mol. The van der Waals surface area contributed by atoms with Crippen molar-refractivity contribution in [3.8, 4) is 0 Å². The van der Waals surface area contributed by atoms with Crippen LogP contribution in [0, 0.1) is 16.0 Å². The van der Waals surface area contributed by atoms with Gasteiger partial charge in [-0.2, -0.15) is 0 Å². The zero-order valence-corrected chi connectivity index (χ0v) is 11.7. The monoisotopic (exact) mass is 279 g/mol. The topological polar surface area (TPSA) is 98.3 Å². The van der Waals surface area contributed by atoms with Gasteiger partial charge in [-0.15, -0.1) is 0 Å². The first-order valence-corrected chi connectivity index (χ1v) is 6.81. The predicted octanol–water partition coefficient (Wildman–Crippen LogP) is 2.69. The Balaban J connectivity index is 2.43. The molecule has 1 aromatic rings. The van der Waals surface area contributed by atoms with Crippen molar-refractivity contribution in [2.24, 2.45) is 11.7 Å². The number of rotatable bonds is 8. The van der Waals surface area contributed by atoms with Crippen molar-refractivity contribution in [2.75, 3.05) is 11.9 Å². The van der Waals surface area contributed by atoms with Crippen molar-refractivity contribution in [2.45, 2.75) is 32.6 Å². The van der Waals surface area contributed by atoms with Gasteiger partial charge in [-0.05, 0) is 37.4 Å². The van der Waals surface area contributed by atoms with Crippen molar-refractivity contribution in [3.05, 3.63) is 34.4 Å². The van der Waals surface area contributed by atoms with E-state index in [0.29, 0.717) is 24.6 Å². The number of nitro benzene ring substituents is 1. The summed E-state index contributed by atoms with van der Waals surface area (Å²) in [6.45, 7) is 2.73. The Kier molecular flexibility index (Phi) is 6.66. The summed E-state index contributed by atoms with van der Waals surface area (Å²) >= 11 is 0. The number of nitro groups is 1. The molecule has 1 rings (SSSR count). The second-order valence-corrected chi connectivity index (χ2v) is 4.74. The van der Waals surface area contributed by atoms with Gasteiger partial charge in [0.05, 0.1) is 4.92 Å². The molecule has 6 heteroatoms. The van der Waals surface area contributed by atoms with E-state index in [0.717, 1.165) is 19.3 Å². The molecule has 0 aromatic heterocycles. The van der Waals surface area contributed by atoms with Gasteiger partial charge in [0.25, 0.3) is 5.69 Å². The van der Waals surface area contributed by atoms with Crippen LogP contribution in [0.2, 0.25) is 0 Å². The quantitative estimate of drug-likeness (QED) is 0.564. The minimum absolute atomic E-state index is 0.0111. The van der Waals surface area contributed by atoms with Gasteiger partial charge in [-0.1, -0.05) is 13.3 Å². The lowest BCUT2D eigenvalue weighted by atomic mass is 9.96. The highest BCUT2D eigenvalue weighted by atomic mass is 16.6. The van der Waals surface area contributed by atoms with Crippen LogP contribution in [0.4, 0.5) is 11.4 Å². The van der Waals surface area contributed by atoms with Crippen LogP contribution in [0.5, 0.6) is 0 Å². The van der Waals surface area contributed by atoms with Crippen LogP contribution >= 0.6 is 0 Å².